The number of carbonyl (C=O) groups excluding carboxylic acids is 1. The van der Waals surface area contributed by atoms with Crippen LogP contribution in [0.15, 0.2) is 78.3 Å². The third-order valence-electron chi connectivity index (χ3n) is 4.28. The molecule has 2 aromatic heterocycles. The number of anilines is 1. The summed E-state index contributed by atoms with van der Waals surface area (Å²) in [6, 6.07) is 20.5. The van der Waals surface area contributed by atoms with Crippen molar-refractivity contribution in [2.24, 2.45) is 0 Å². The zero-order valence-corrected chi connectivity index (χ0v) is 17.1. The first kappa shape index (κ1) is 19.6. The molecule has 0 atom stereocenters. The molecule has 0 fully saturated rings. The first-order chi connectivity index (χ1) is 14.7. The maximum Gasteiger partial charge on any atom is 0.275 e. The van der Waals surface area contributed by atoms with Gasteiger partial charge in [0.05, 0.1) is 12.8 Å². The fraction of sp³-hybridized carbons (Fsp3) is 0.0870. The number of aromatic nitrogens is 2. The number of hydrogen-bond donors (Lipinski definition) is 1. The predicted octanol–water partition coefficient (Wildman–Crippen LogP) is 5.05. The summed E-state index contributed by atoms with van der Waals surface area (Å²) >= 11 is 1.42. The van der Waals surface area contributed by atoms with Gasteiger partial charge in [-0.15, -0.1) is 11.3 Å². The molecule has 2 aromatic carbocycles. The Balaban J connectivity index is 1.40. The highest BCUT2D eigenvalue weighted by molar-refractivity contribution is 7.13. The van der Waals surface area contributed by atoms with Crippen LogP contribution in [0.5, 0.6) is 11.5 Å². The molecule has 7 heteroatoms. The van der Waals surface area contributed by atoms with Gasteiger partial charge in [-0.2, -0.15) is 0 Å². The monoisotopic (exact) mass is 417 g/mol. The number of hydrogen-bond acceptors (Lipinski definition) is 6. The van der Waals surface area contributed by atoms with E-state index in [1.807, 2.05) is 60.7 Å². The van der Waals surface area contributed by atoms with E-state index in [2.05, 4.69) is 15.3 Å². The van der Waals surface area contributed by atoms with Crippen LogP contribution < -0.4 is 14.8 Å². The third-order valence-corrected chi connectivity index (χ3v) is 5.17. The Bertz CT molecular complexity index is 1130. The number of pyridine rings is 1. The van der Waals surface area contributed by atoms with Crippen LogP contribution in [-0.4, -0.2) is 23.0 Å². The Morgan fingerprint density at radius 3 is 2.67 bits per heavy atom. The number of nitrogens with one attached hydrogen (secondary N) is 1. The molecule has 0 spiro atoms. The Morgan fingerprint density at radius 1 is 1.03 bits per heavy atom. The average Bonchev–Trinajstić information content (AvgIpc) is 3.29. The summed E-state index contributed by atoms with van der Waals surface area (Å²) in [4.78, 5) is 21.3. The molecule has 2 heterocycles. The van der Waals surface area contributed by atoms with Crippen molar-refractivity contribution in [2.45, 2.75) is 6.61 Å². The lowest BCUT2D eigenvalue weighted by Crippen LogP contribution is -2.12. The van der Waals surface area contributed by atoms with Gasteiger partial charge in [-0.25, -0.2) is 4.98 Å². The lowest BCUT2D eigenvalue weighted by molar-refractivity contribution is 0.102. The van der Waals surface area contributed by atoms with Crippen LogP contribution in [-0.2, 0) is 6.61 Å². The molecule has 0 aliphatic heterocycles. The van der Waals surface area contributed by atoms with E-state index in [4.69, 9.17) is 9.47 Å². The summed E-state index contributed by atoms with van der Waals surface area (Å²) in [6.07, 6.45) is 1.73. The van der Waals surface area contributed by atoms with E-state index in [1.165, 1.54) is 11.3 Å². The van der Waals surface area contributed by atoms with Crippen LogP contribution in [0.25, 0.3) is 10.6 Å². The van der Waals surface area contributed by atoms with Crippen molar-refractivity contribution >= 4 is 22.9 Å². The quantitative estimate of drug-likeness (QED) is 0.456. The van der Waals surface area contributed by atoms with Crippen LogP contribution in [0.3, 0.4) is 0 Å². The largest absolute Gasteiger partial charge is 0.497 e. The van der Waals surface area contributed by atoms with Gasteiger partial charge in [-0.1, -0.05) is 12.1 Å². The minimum Gasteiger partial charge on any atom is -0.497 e. The van der Waals surface area contributed by atoms with Crippen LogP contribution in [0.4, 0.5) is 5.69 Å². The van der Waals surface area contributed by atoms with E-state index in [0.29, 0.717) is 23.7 Å². The van der Waals surface area contributed by atoms with Crippen molar-refractivity contribution in [1.29, 1.82) is 0 Å². The molecular weight excluding hydrogens is 398 g/mol. The topological polar surface area (TPSA) is 73.3 Å². The summed E-state index contributed by atoms with van der Waals surface area (Å²) < 4.78 is 10.9. The standard InChI is InChI=1S/C23H19N3O3S/c1-28-19-10-8-16(9-11-19)23-26-21(15-30-23)22(27)25-17-6-4-7-20(13-17)29-14-18-5-2-3-12-24-18/h2-13,15H,14H2,1H3,(H,25,27). The van der Waals surface area contributed by atoms with Gasteiger partial charge in [0.2, 0.25) is 0 Å². The molecule has 6 nitrogen and oxygen atoms in total. The fourth-order valence-electron chi connectivity index (χ4n) is 2.74. The van der Waals surface area contributed by atoms with Gasteiger partial charge in [0, 0.05) is 28.9 Å². The van der Waals surface area contributed by atoms with Crippen LogP contribution in [0.1, 0.15) is 16.2 Å². The smallest absolute Gasteiger partial charge is 0.275 e. The summed E-state index contributed by atoms with van der Waals surface area (Å²) in [5.74, 6) is 1.15. The number of ether oxygens (including phenoxy) is 2. The van der Waals surface area contributed by atoms with E-state index in [1.54, 1.807) is 24.8 Å². The van der Waals surface area contributed by atoms with Crippen molar-refractivity contribution < 1.29 is 14.3 Å². The van der Waals surface area contributed by atoms with Gasteiger partial charge in [0.1, 0.15) is 28.8 Å². The number of carbonyl (C=O) groups is 1. The highest BCUT2D eigenvalue weighted by Crippen LogP contribution is 2.26. The summed E-state index contributed by atoms with van der Waals surface area (Å²) in [5, 5.41) is 5.39. The summed E-state index contributed by atoms with van der Waals surface area (Å²) in [6.45, 7) is 0.357. The Hall–Kier alpha value is -3.71. The van der Waals surface area contributed by atoms with Crippen molar-refractivity contribution in [1.82, 2.24) is 9.97 Å². The molecular formula is C23H19N3O3S. The van der Waals surface area contributed by atoms with E-state index in [-0.39, 0.29) is 5.91 Å². The third kappa shape index (κ3) is 4.82. The van der Waals surface area contributed by atoms with Gasteiger partial charge < -0.3 is 14.8 Å². The summed E-state index contributed by atoms with van der Waals surface area (Å²) in [5.41, 5.74) is 2.77. The maximum atomic E-state index is 12.6. The van der Waals surface area contributed by atoms with Crippen molar-refractivity contribution in [2.75, 3.05) is 12.4 Å². The van der Waals surface area contributed by atoms with Crippen LogP contribution in [0.2, 0.25) is 0 Å². The Kier molecular flexibility index (Phi) is 6.01. The minimum absolute atomic E-state index is 0.270. The Morgan fingerprint density at radius 2 is 1.90 bits per heavy atom. The second-order valence-electron chi connectivity index (χ2n) is 6.36. The van der Waals surface area contributed by atoms with E-state index >= 15 is 0 Å². The number of benzene rings is 2. The maximum absolute atomic E-state index is 12.6. The van der Waals surface area contributed by atoms with Crippen LogP contribution in [0, 0.1) is 0 Å². The van der Waals surface area contributed by atoms with Gasteiger partial charge in [0.25, 0.3) is 5.91 Å². The Labute approximate surface area is 178 Å². The van der Waals surface area contributed by atoms with Crippen molar-refractivity contribution in [3.63, 3.8) is 0 Å². The first-order valence-electron chi connectivity index (χ1n) is 9.25. The van der Waals surface area contributed by atoms with Gasteiger partial charge in [-0.05, 0) is 48.5 Å². The highest BCUT2D eigenvalue weighted by atomic mass is 32.1. The molecule has 4 aromatic rings. The van der Waals surface area contributed by atoms with Gasteiger partial charge in [0.15, 0.2) is 0 Å². The van der Waals surface area contributed by atoms with Crippen LogP contribution >= 0.6 is 11.3 Å². The van der Waals surface area contributed by atoms with Gasteiger partial charge in [-0.3, -0.25) is 9.78 Å². The molecule has 1 N–H and O–H groups in total. The molecule has 0 radical (unpaired) electrons. The number of methoxy groups -OCH3 is 1. The zero-order valence-electron chi connectivity index (χ0n) is 16.2. The molecule has 0 aliphatic carbocycles. The molecule has 0 bridgehead atoms. The number of thiazole rings is 1. The fourth-order valence-corrected chi connectivity index (χ4v) is 3.55. The molecule has 1 amide bonds. The SMILES string of the molecule is COc1ccc(-c2nc(C(=O)Nc3cccc(OCc4ccccn4)c3)cs2)cc1. The summed E-state index contributed by atoms with van der Waals surface area (Å²) in [7, 11) is 1.62. The van der Waals surface area contributed by atoms with E-state index < -0.39 is 0 Å². The molecule has 0 unspecified atom stereocenters. The second kappa shape index (κ2) is 9.19. The molecule has 4 rings (SSSR count). The predicted molar refractivity (Wildman–Crippen MR) is 117 cm³/mol. The first-order valence-corrected chi connectivity index (χ1v) is 10.1. The minimum atomic E-state index is -0.270. The second-order valence-corrected chi connectivity index (χ2v) is 7.22. The molecule has 0 aliphatic rings. The lowest BCUT2D eigenvalue weighted by atomic mass is 10.2. The normalized spacial score (nSPS) is 10.4. The lowest BCUT2D eigenvalue weighted by Gasteiger charge is -2.08. The molecule has 150 valence electrons. The highest BCUT2D eigenvalue weighted by Gasteiger charge is 2.13. The van der Waals surface area contributed by atoms with E-state index in [0.717, 1.165) is 22.0 Å². The van der Waals surface area contributed by atoms with Crippen molar-refractivity contribution in [3.05, 3.63) is 89.7 Å². The molecule has 0 saturated carbocycles. The molecule has 0 saturated heterocycles. The zero-order chi connectivity index (χ0) is 20.8. The van der Waals surface area contributed by atoms with Crippen molar-refractivity contribution in [3.8, 4) is 22.1 Å². The number of amides is 1. The average molecular weight is 417 g/mol. The molecule has 30 heavy (non-hydrogen) atoms. The number of rotatable bonds is 7. The number of nitrogens with zero attached hydrogens (tertiary/aromatic N) is 2. The van der Waals surface area contributed by atoms with Gasteiger partial charge >= 0.3 is 0 Å². The van der Waals surface area contributed by atoms with E-state index in [9.17, 15) is 4.79 Å².